The van der Waals surface area contributed by atoms with Gasteiger partial charge < -0.3 is 10.1 Å². The Bertz CT molecular complexity index is 1070. The average molecular weight is 479 g/mol. The molecule has 0 aliphatic rings. The molecule has 1 amide bonds. The zero-order valence-electron chi connectivity index (χ0n) is 16.1. The molecule has 0 atom stereocenters. The molecule has 12 heteroatoms. The molecule has 0 fully saturated rings. The molecule has 7 nitrogen and oxygen atoms in total. The van der Waals surface area contributed by atoms with E-state index in [1.54, 1.807) is 22.9 Å². The quantitative estimate of drug-likeness (QED) is 0.566. The minimum Gasteiger partial charge on any atom is -0.455 e. The molecule has 0 bridgehead atoms. The van der Waals surface area contributed by atoms with Gasteiger partial charge in [-0.25, -0.2) is 8.42 Å². The second-order valence-electron chi connectivity index (χ2n) is 6.19. The number of sulfonamides is 1. The summed E-state index contributed by atoms with van der Waals surface area (Å²) in [6.07, 6.45) is -4.12. The fraction of sp³-hybridized carbons (Fsp3) is 0.263. The van der Waals surface area contributed by atoms with Crippen molar-refractivity contribution in [3.8, 4) is 0 Å². The van der Waals surface area contributed by atoms with E-state index in [0.717, 1.165) is 11.6 Å². The molecule has 0 aromatic heterocycles. The molecule has 2 aromatic rings. The molecule has 2 N–H and O–H groups in total. The van der Waals surface area contributed by atoms with Gasteiger partial charge in [-0.1, -0.05) is 36.7 Å². The third-order valence-corrected chi connectivity index (χ3v) is 5.87. The van der Waals surface area contributed by atoms with Gasteiger partial charge in [0.1, 0.15) is 11.4 Å². The van der Waals surface area contributed by atoms with Gasteiger partial charge in [0, 0.05) is 5.69 Å². The van der Waals surface area contributed by atoms with E-state index in [2.05, 4.69) is 5.32 Å². The summed E-state index contributed by atoms with van der Waals surface area (Å²) < 4.78 is 69.4. The average Bonchev–Trinajstić information content (AvgIpc) is 2.70. The van der Waals surface area contributed by atoms with Crippen LogP contribution in [0.2, 0.25) is 5.02 Å². The van der Waals surface area contributed by atoms with Crippen LogP contribution in [0.15, 0.2) is 47.4 Å². The van der Waals surface area contributed by atoms with E-state index in [-0.39, 0.29) is 0 Å². The molecule has 0 radical (unpaired) electrons. The number of hydrogen-bond acceptors (Lipinski definition) is 5. The van der Waals surface area contributed by atoms with Gasteiger partial charge in [0.05, 0.1) is 10.6 Å². The van der Waals surface area contributed by atoms with Gasteiger partial charge in [0.25, 0.3) is 5.91 Å². The van der Waals surface area contributed by atoms with Crippen molar-refractivity contribution >= 4 is 39.2 Å². The number of nitrogens with one attached hydrogen (secondary N) is 2. The topological polar surface area (TPSA) is 102 Å². The molecule has 0 spiro atoms. The van der Waals surface area contributed by atoms with Crippen LogP contribution in [0.1, 0.15) is 18.1 Å². The van der Waals surface area contributed by atoms with E-state index < -0.39 is 56.7 Å². The fourth-order valence-corrected chi connectivity index (χ4v) is 3.94. The Morgan fingerprint density at radius 1 is 1.13 bits per heavy atom. The number of anilines is 1. The summed E-state index contributed by atoms with van der Waals surface area (Å²) in [6, 6.07) is 8.78. The first kappa shape index (κ1) is 24.6. The van der Waals surface area contributed by atoms with Gasteiger partial charge in [0.15, 0.2) is 6.61 Å². The number of ether oxygens (including phenoxy) is 1. The highest BCUT2D eigenvalue weighted by atomic mass is 35.5. The van der Waals surface area contributed by atoms with Crippen LogP contribution < -0.4 is 10.0 Å². The van der Waals surface area contributed by atoms with Crippen LogP contribution in [-0.2, 0) is 36.9 Å². The van der Waals surface area contributed by atoms with Gasteiger partial charge in [-0.15, -0.1) is 0 Å². The van der Waals surface area contributed by atoms with Crippen molar-refractivity contribution in [3.05, 3.63) is 58.6 Å². The van der Waals surface area contributed by atoms with E-state index in [0.29, 0.717) is 24.2 Å². The first-order chi connectivity index (χ1) is 14.4. The molecule has 0 saturated heterocycles. The lowest BCUT2D eigenvalue weighted by atomic mass is 10.1. The molecule has 2 rings (SSSR count). The van der Waals surface area contributed by atoms with Crippen molar-refractivity contribution in [1.82, 2.24) is 4.72 Å². The van der Waals surface area contributed by atoms with Crippen molar-refractivity contribution in [2.75, 3.05) is 18.5 Å². The van der Waals surface area contributed by atoms with Crippen molar-refractivity contribution in [2.45, 2.75) is 24.4 Å². The largest absolute Gasteiger partial charge is 0.455 e. The lowest BCUT2D eigenvalue weighted by Crippen LogP contribution is -2.32. The third kappa shape index (κ3) is 6.94. The van der Waals surface area contributed by atoms with Gasteiger partial charge in [-0.05, 0) is 36.2 Å². The maximum atomic E-state index is 12.8. The maximum Gasteiger partial charge on any atom is 0.416 e. The highest BCUT2D eigenvalue weighted by Gasteiger charge is 2.32. The molecule has 0 saturated carbocycles. The Morgan fingerprint density at radius 2 is 1.81 bits per heavy atom. The van der Waals surface area contributed by atoms with Crippen LogP contribution in [0, 0.1) is 0 Å². The maximum absolute atomic E-state index is 12.8. The third-order valence-electron chi connectivity index (χ3n) is 3.99. The Balaban J connectivity index is 1.94. The smallest absolute Gasteiger partial charge is 0.416 e. The number of alkyl halides is 3. The van der Waals surface area contributed by atoms with Crippen LogP contribution in [0.25, 0.3) is 0 Å². The van der Waals surface area contributed by atoms with Crippen LogP contribution >= 0.6 is 11.6 Å². The first-order valence-corrected chi connectivity index (χ1v) is 10.7. The second kappa shape index (κ2) is 10.1. The summed E-state index contributed by atoms with van der Waals surface area (Å²) in [5.74, 6) is -1.75. The minimum atomic E-state index is -4.78. The standard InChI is InChI=1S/C19H18ClF3N2O5S/c1-2-12-5-3-4-6-15(12)25-17(26)11-30-18(27)10-24-31(28,29)16-9-13(19(21,22)23)7-8-14(16)20/h3-9,24H,2,10-11H2,1H3,(H,25,26). The van der Waals surface area contributed by atoms with E-state index >= 15 is 0 Å². The van der Waals surface area contributed by atoms with E-state index in [4.69, 9.17) is 16.3 Å². The Labute approximate surface area is 181 Å². The summed E-state index contributed by atoms with van der Waals surface area (Å²) in [5, 5.41) is 2.11. The number of carbonyl (C=O) groups is 2. The first-order valence-electron chi connectivity index (χ1n) is 8.84. The summed E-state index contributed by atoms with van der Waals surface area (Å²) in [4.78, 5) is 22.9. The number of hydrogen-bond donors (Lipinski definition) is 2. The van der Waals surface area contributed by atoms with Crippen molar-refractivity contribution < 1.29 is 35.9 Å². The molecule has 0 unspecified atom stereocenters. The summed E-state index contributed by atoms with van der Waals surface area (Å²) >= 11 is 5.69. The Hall–Kier alpha value is -2.63. The lowest BCUT2D eigenvalue weighted by molar-refractivity contribution is -0.146. The minimum absolute atomic E-state index is 0.356. The van der Waals surface area contributed by atoms with Crippen LogP contribution in [0.5, 0.6) is 0 Å². The predicted molar refractivity (Wildman–Crippen MR) is 107 cm³/mol. The SMILES string of the molecule is CCc1ccccc1NC(=O)COC(=O)CNS(=O)(=O)c1cc(C(F)(F)F)ccc1Cl. The number of amides is 1. The van der Waals surface area contributed by atoms with Crippen molar-refractivity contribution in [2.24, 2.45) is 0 Å². The zero-order chi connectivity index (χ0) is 23.2. The summed E-state index contributed by atoms with van der Waals surface area (Å²) in [7, 11) is -4.55. The molecule has 2 aromatic carbocycles. The number of aryl methyl sites for hydroxylation is 1. The summed E-state index contributed by atoms with van der Waals surface area (Å²) in [5.41, 5.74) is 0.197. The van der Waals surface area contributed by atoms with Gasteiger partial charge >= 0.3 is 12.1 Å². The fourth-order valence-electron chi connectivity index (χ4n) is 2.45. The Kier molecular flexibility index (Phi) is 8.04. The monoisotopic (exact) mass is 478 g/mol. The molecular formula is C19H18ClF3N2O5S. The predicted octanol–water partition coefficient (Wildman–Crippen LogP) is 3.38. The normalized spacial score (nSPS) is 11.8. The number of halogens is 4. The number of benzene rings is 2. The van der Waals surface area contributed by atoms with Gasteiger partial charge in [-0.2, -0.15) is 17.9 Å². The number of esters is 1. The van der Waals surface area contributed by atoms with Crippen molar-refractivity contribution in [1.29, 1.82) is 0 Å². The van der Waals surface area contributed by atoms with Crippen LogP contribution in [0.4, 0.5) is 18.9 Å². The van der Waals surface area contributed by atoms with E-state index in [9.17, 15) is 31.2 Å². The second-order valence-corrected chi connectivity index (χ2v) is 8.33. The summed E-state index contributed by atoms with van der Waals surface area (Å²) in [6.45, 7) is 0.310. The molecule has 0 aliphatic carbocycles. The number of para-hydroxylation sites is 1. The zero-order valence-corrected chi connectivity index (χ0v) is 17.7. The molecule has 0 heterocycles. The van der Waals surface area contributed by atoms with E-state index in [1.807, 2.05) is 13.0 Å². The molecular weight excluding hydrogens is 461 g/mol. The van der Waals surface area contributed by atoms with Gasteiger partial charge in [-0.3, -0.25) is 9.59 Å². The highest BCUT2D eigenvalue weighted by molar-refractivity contribution is 7.89. The molecule has 31 heavy (non-hydrogen) atoms. The highest BCUT2D eigenvalue weighted by Crippen LogP contribution is 2.33. The van der Waals surface area contributed by atoms with Gasteiger partial charge in [0.2, 0.25) is 10.0 Å². The number of carbonyl (C=O) groups excluding carboxylic acids is 2. The molecule has 168 valence electrons. The number of rotatable bonds is 8. The lowest BCUT2D eigenvalue weighted by Gasteiger charge is -2.12. The van der Waals surface area contributed by atoms with Crippen molar-refractivity contribution in [3.63, 3.8) is 0 Å². The van der Waals surface area contributed by atoms with Crippen LogP contribution in [0.3, 0.4) is 0 Å². The van der Waals surface area contributed by atoms with Crippen LogP contribution in [-0.4, -0.2) is 33.4 Å². The van der Waals surface area contributed by atoms with E-state index in [1.165, 1.54) is 0 Å². The Morgan fingerprint density at radius 3 is 2.45 bits per heavy atom. The molecule has 0 aliphatic heterocycles.